The summed E-state index contributed by atoms with van der Waals surface area (Å²) in [7, 11) is 0. The van der Waals surface area contributed by atoms with Gasteiger partial charge in [0.25, 0.3) is 0 Å². The standard InChI is InChI=1S/C22H23F3N2O/c23-22(24,25)17-8-9-19-16(13-17)14-18(20-7-4-12-27(19)20)21(28)26-11-10-15-5-2-1-3-6-15/h1-3,5-6,8-9,13,18,20H,4,7,10-12,14H2,(H,26,28). The van der Waals surface area contributed by atoms with E-state index in [9.17, 15) is 18.0 Å². The summed E-state index contributed by atoms with van der Waals surface area (Å²) >= 11 is 0. The lowest BCUT2D eigenvalue weighted by atomic mass is 9.84. The Labute approximate surface area is 162 Å². The van der Waals surface area contributed by atoms with Gasteiger partial charge >= 0.3 is 6.18 Å². The van der Waals surface area contributed by atoms with Crippen molar-refractivity contribution in [1.82, 2.24) is 5.32 Å². The fourth-order valence-corrected chi connectivity index (χ4v) is 4.46. The van der Waals surface area contributed by atoms with E-state index in [1.54, 1.807) is 6.07 Å². The summed E-state index contributed by atoms with van der Waals surface area (Å²) in [5, 5.41) is 3.00. The van der Waals surface area contributed by atoms with Gasteiger partial charge in [0.1, 0.15) is 0 Å². The fourth-order valence-electron chi connectivity index (χ4n) is 4.46. The molecule has 0 spiro atoms. The Morgan fingerprint density at radius 2 is 1.93 bits per heavy atom. The molecule has 28 heavy (non-hydrogen) atoms. The van der Waals surface area contributed by atoms with Crippen molar-refractivity contribution in [2.45, 2.75) is 37.9 Å². The van der Waals surface area contributed by atoms with Crippen LogP contribution in [0.2, 0.25) is 0 Å². The highest BCUT2D eigenvalue weighted by Crippen LogP contribution is 2.41. The third kappa shape index (κ3) is 3.73. The average Bonchev–Trinajstić information content (AvgIpc) is 3.17. The number of hydrogen-bond donors (Lipinski definition) is 1. The van der Waals surface area contributed by atoms with Crippen molar-refractivity contribution >= 4 is 11.6 Å². The maximum Gasteiger partial charge on any atom is 0.416 e. The van der Waals surface area contributed by atoms with E-state index in [0.717, 1.165) is 43.1 Å². The minimum atomic E-state index is -4.37. The number of rotatable bonds is 4. The van der Waals surface area contributed by atoms with Crippen molar-refractivity contribution in [3.05, 3.63) is 65.2 Å². The number of carbonyl (C=O) groups is 1. The van der Waals surface area contributed by atoms with Gasteiger partial charge in [0.05, 0.1) is 11.5 Å². The van der Waals surface area contributed by atoms with E-state index in [-0.39, 0.29) is 17.9 Å². The fraction of sp³-hybridized carbons (Fsp3) is 0.409. The van der Waals surface area contributed by atoms with Crippen molar-refractivity contribution in [2.24, 2.45) is 5.92 Å². The third-order valence-corrected chi connectivity index (χ3v) is 5.81. The van der Waals surface area contributed by atoms with Gasteiger partial charge in [0.2, 0.25) is 5.91 Å². The number of anilines is 1. The van der Waals surface area contributed by atoms with E-state index in [1.807, 2.05) is 30.3 Å². The molecular formula is C22H23F3N2O. The molecule has 2 aliphatic rings. The number of nitrogens with one attached hydrogen (secondary N) is 1. The summed E-state index contributed by atoms with van der Waals surface area (Å²) in [5.41, 5.74) is 1.97. The zero-order valence-electron chi connectivity index (χ0n) is 15.5. The van der Waals surface area contributed by atoms with Crippen LogP contribution >= 0.6 is 0 Å². The van der Waals surface area contributed by atoms with E-state index >= 15 is 0 Å². The van der Waals surface area contributed by atoms with E-state index in [0.29, 0.717) is 18.5 Å². The molecule has 4 rings (SSSR count). The molecule has 2 aromatic rings. The SMILES string of the molecule is O=C(NCCc1ccccc1)C1Cc2cc(C(F)(F)F)ccc2N2CCCC12. The van der Waals surface area contributed by atoms with Crippen molar-refractivity contribution in [3.8, 4) is 0 Å². The molecule has 2 aromatic carbocycles. The average molecular weight is 388 g/mol. The molecule has 6 heteroatoms. The molecule has 148 valence electrons. The van der Waals surface area contributed by atoms with Crippen LogP contribution in [-0.4, -0.2) is 25.0 Å². The topological polar surface area (TPSA) is 32.3 Å². The molecule has 2 heterocycles. The molecule has 0 aliphatic carbocycles. The second-order valence-electron chi connectivity index (χ2n) is 7.58. The van der Waals surface area contributed by atoms with Gasteiger partial charge in [0, 0.05) is 24.8 Å². The number of nitrogens with zero attached hydrogens (tertiary/aromatic N) is 1. The zero-order valence-corrected chi connectivity index (χ0v) is 15.5. The molecule has 0 bridgehead atoms. The maximum atomic E-state index is 13.1. The predicted octanol–water partition coefficient (Wildman–Crippen LogP) is 4.21. The number of hydrogen-bond acceptors (Lipinski definition) is 2. The van der Waals surface area contributed by atoms with Crippen LogP contribution in [0.4, 0.5) is 18.9 Å². The van der Waals surface area contributed by atoms with Crippen LogP contribution in [0.3, 0.4) is 0 Å². The van der Waals surface area contributed by atoms with Gasteiger partial charge < -0.3 is 10.2 Å². The third-order valence-electron chi connectivity index (χ3n) is 5.81. The molecular weight excluding hydrogens is 365 g/mol. The zero-order chi connectivity index (χ0) is 19.7. The Hall–Kier alpha value is -2.50. The molecule has 0 saturated carbocycles. The molecule has 3 nitrogen and oxygen atoms in total. The maximum absolute atomic E-state index is 13.1. The molecule has 1 fully saturated rings. The second-order valence-corrected chi connectivity index (χ2v) is 7.58. The van der Waals surface area contributed by atoms with Gasteiger partial charge in [-0.1, -0.05) is 30.3 Å². The molecule has 1 amide bonds. The number of alkyl halides is 3. The van der Waals surface area contributed by atoms with Gasteiger partial charge in [-0.15, -0.1) is 0 Å². The number of fused-ring (bicyclic) bond motifs is 3. The quantitative estimate of drug-likeness (QED) is 0.851. The Balaban J connectivity index is 1.49. The normalized spacial score (nSPS) is 21.2. The van der Waals surface area contributed by atoms with E-state index in [2.05, 4.69) is 10.2 Å². The Bertz CT molecular complexity index is 851. The highest BCUT2D eigenvalue weighted by molar-refractivity contribution is 5.82. The smallest absolute Gasteiger partial charge is 0.368 e. The van der Waals surface area contributed by atoms with Gasteiger partial charge in [-0.25, -0.2) is 0 Å². The van der Waals surface area contributed by atoms with Crippen LogP contribution in [0.15, 0.2) is 48.5 Å². The molecule has 0 aromatic heterocycles. The van der Waals surface area contributed by atoms with Crippen LogP contribution in [0.5, 0.6) is 0 Å². The first-order valence-electron chi connectivity index (χ1n) is 9.72. The van der Waals surface area contributed by atoms with Crippen molar-refractivity contribution in [3.63, 3.8) is 0 Å². The highest BCUT2D eigenvalue weighted by Gasteiger charge is 2.42. The first-order valence-corrected chi connectivity index (χ1v) is 9.72. The first-order chi connectivity index (χ1) is 13.4. The molecule has 2 atom stereocenters. The number of halogens is 3. The molecule has 2 aliphatic heterocycles. The van der Waals surface area contributed by atoms with Crippen LogP contribution in [0.25, 0.3) is 0 Å². The highest BCUT2D eigenvalue weighted by atomic mass is 19.4. The Morgan fingerprint density at radius 3 is 2.68 bits per heavy atom. The minimum Gasteiger partial charge on any atom is -0.368 e. The van der Waals surface area contributed by atoms with Crippen molar-refractivity contribution in [2.75, 3.05) is 18.0 Å². The lowest BCUT2D eigenvalue weighted by molar-refractivity contribution is -0.137. The second kappa shape index (κ2) is 7.49. The largest absolute Gasteiger partial charge is 0.416 e. The number of benzene rings is 2. The molecule has 1 saturated heterocycles. The van der Waals surface area contributed by atoms with Gasteiger partial charge in [-0.05, 0) is 55.0 Å². The van der Waals surface area contributed by atoms with Gasteiger partial charge in [0.15, 0.2) is 0 Å². The van der Waals surface area contributed by atoms with Crippen LogP contribution < -0.4 is 10.2 Å². The summed E-state index contributed by atoms with van der Waals surface area (Å²) in [6, 6.07) is 13.9. The minimum absolute atomic E-state index is 0.0594. The molecule has 2 unspecified atom stereocenters. The molecule has 1 N–H and O–H groups in total. The number of amides is 1. The van der Waals surface area contributed by atoms with Crippen molar-refractivity contribution in [1.29, 1.82) is 0 Å². The Kier molecular flexibility index (Phi) is 5.04. The van der Waals surface area contributed by atoms with Crippen LogP contribution in [0.1, 0.15) is 29.5 Å². The predicted molar refractivity (Wildman–Crippen MR) is 102 cm³/mol. The lowest BCUT2D eigenvalue weighted by Crippen LogP contribution is -2.48. The first kappa shape index (κ1) is 18.8. The number of carbonyl (C=O) groups excluding carboxylic acids is 1. The van der Waals surface area contributed by atoms with E-state index < -0.39 is 11.7 Å². The van der Waals surface area contributed by atoms with Crippen LogP contribution in [0, 0.1) is 5.92 Å². The summed E-state index contributed by atoms with van der Waals surface area (Å²) in [6.45, 7) is 1.32. The van der Waals surface area contributed by atoms with E-state index in [4.69, 9.17) is 0 Å². The monoisotopic (exact) mass is 388 g/mol. The van der Waals surface area contributed by atoms with Crippen LogP contribution in [-0.2, 0) is 23.8 Å². The lowest BCUT2D eigenvalue weighted by Gasteiger charge is -2.39. The van der Waals surface area contributed by atoms with Gasteiger partial charge in [-0.2, -0.15) is 13.2 Å². The van der Waals surface area contributed by atoms with E-state index in [1.165, 1.54) is 6.07 Å². The summed E-state index contributed by atoms with van der Waals surface area (Å²) in [6.07, 6.45) is -1.42. The summed E-state index contributed by atoms with van der Waals surface area (Å²) in [5.74, 6) is -0.370. The summed E-state index contributed by atoms with van der Waals surface area (Å²) in [4.78, 5) is 15.0. The Morgan fingerprint density at radius 1 is 1.14 bits per heavy atom. The van der Waals surface area contributed by atoms with Gasteiger partial charge in [-0.3, -0.25) is 4.79 Å². The van der Waals surface area contributed by atoms with Crippen molar-refractivity contribution < 1.29 is 18.0 Å². The summed E-state index contributed by atoms with van der Waals surface area (Å²) < 4.78 is 39.3. The molecule has 0 radical (unpaired) electrons.